The molecule has 2 N–H and O–H groups in total. The molecule has 1 aliphatic heterocycles. The highest BCUT2D eigenvalue weighted by atomic mass is 35.5. The van der Waals surface area contributed by atoms with Crippen molar-refractivity contribution in [2.75, 3.05) is 5.32 Å². The molecule has 0 unspecified atom stereocenters. The SMILES string of the molecule is O=C1Cc2c(CNCl)cccc2N1. The first-order valence-electron chi connectivity index (χ1n) is 4.05. The number of hydrogen-bond acceptors (Lipinski definition) is 2. The molecule has 0 saturated carbocycles. The molecular weight excluding hydrogens is 188 g/mol. The van der Waals surface area contributed by atoms with Crippen LogP contribution in [0.4, 0.5) is 5.69 Å². The fourth-order valence-corrected chi connectivity index (χ4v) is 1.70. The van der Waals surface area contributed by atoms with Crippen molar-refractivity contribution < 1.29 is 4.79 Å². The number of amides is 1. The van der Waals surface area contributed by atoms with Gasteiger partial charge in [-0.3, -0.25) is 4.79 Å². The number of carbonyl (C=O) groups is 1. The average molecular weight is 197 g/mol. The van der Waals surface area contributed by atoms with Crippen LogP contribution in [0.3, 0.4) is 0 Å². The van der Waals surface area contributed by atoms with E-state index in [0.717, 1.165) is 16.8 Å². The summed E-state index contributed by atoms with van der Waals surface area (Å²) in [5, 5.41) is 2.79. The first-order chi connectivity index (χ1) is 6.31. The molecule has 2 rings (SSSR count). The zero-order valence-electron chi connectivity index (χ0n) is 6.93. The van der Waals surface area contributed by atoms with E-state index < -0.39 is 0 Å². The largest absolute Gasteiger partial charge is 0.326 e. The monoisotopic (exact) mass is 196 g/mol. The Morgan fingerprint density at radius 3 is 3.15 bits per heavy atom. The Morgan fingerprint density at radius 2 is 2.38 bits per heavy atom. The summed E-state index contributed by atoms with van der Waals surface area (Å²) in [7, 11) is 0. The number of anilines is 1. The minimum Gasteiger partial charge on any atom is -0.326 e. The first kappa shape index (κ1) is 8.53. The third-order valence-corrected chi connectivity index (χ3v) is 2.28. The van der Waals surface area contributed by atoms with Gasteiger partial charge in [0.2, 0.25) is 5.91 Å². The molecule has 0 spiro atoms. The summed E-state index contributed by atoms with van der Waals surface area (Å²) in [5.41, 5.74) is 3.04. The standard InChI is InChI=1S/C9H9ClN2O/c10-11-5-6-2-1-3-8-7(6)4-9(13)12-8/h1-3,11H,4-5H2,(H,12,13). The molecular formula is C9H9ClN2O. The number of rotatable bonds is 2. The van der Waals surface area contributed by atoms with E-state index in [9.17, 15) is 4.79 Å². The molecule has 0 atom stereocenters. The van der Waals surface area contributed by atoms with Gasteiger partial charge >= 0.3 is 0 Å². The Labute approximate surface area is 81.2 Å². The van der Waals surface area contributed by atoms with Crippen molar-refractivity contribution in [1.82, 2.24) is 4.84 Å². The zero-order chi connectivity index (χ0) is 9.26. The highest BCUT2D eigenvalue weighted by molar-refractivity contribution is 6.13. The molecule has 1 aromatic rings. The summed E-state index contributed by atoms with van der Waals surface area (Å²) in [4.78, 5) is 13.7. The Kier molecular flexibility index (Phi) is 2.20. The van der Waals surface area contributed by atoms with Crippen LogP contribution < -0.4 is 10.2 Å². The second-order valence-electron chi connectivity index (χ2n) is 2.98. The van der Waals surface area contributed by atoms with E-state index in [4.69, 9.17) is 11.8 Å². The summed E-state index contributed by atoms with van der Waals surface area (Å²) < 4.78 is 0. The predicted octanol–water partition coefficient (Wildman–Crippen LogP) is 1.42. The Balaban J connectivity index is 2.39. The molecule has 1 amide bonds. The number of fused-ring (bicyclic) bond motifs is 1. The van der Waals surface area contributed by atoms with Crippen LogP contribution in [0.25, 0.3) is 0 Å². The molecule has 0 saturated heterocycles. The molecule has 0 fully saturated rings. The molecule has 0 radical (unpaired) electrons. The van der Waals surface area contributed by atoms with Crippen molar-refractivity contribution in [2.45, 2.75) is 13.0 Å². The van der Waals surface area contributed by atoms with Crippen LogP contribution in [0.2, 0.25) is 0 Å². The number of nitrogens with one attached hydrogen (secondary N) is 2. The van der Waals surface area contributed by atoms with Gasteiger partial charge in [-0.05, 0) is 29.0 Å². The average Bonchev–Trinajstić information content (AvgIpc) is 2.47. The topological polar surface area (TPSA) is 41.1 Å². The molecule has 4 heteroatoms. The third kappa shape index (κ3) is 1.53. The van der Waals surface area contributed by atoms with Gasteiger partial charge in [0.25, 0.3) is 0 Å². The first-order valence-corrected chi connectivity index (χ1v) is 4.43. The van der Waals surface area contributed by atoms with Crippen molar-refractivity contribution >= 4 is 23.4 Å². The summed E-state index contributed by atoms with van der Waals surface area (Å²) in [6.45, 7) is 0.583. The van der Waals surface area contributed by atoms with E-state index in [-0.39, 0.29) is 5.91 Å². The lowest BCUT2D eigenvalue weighted by Crippen LogP contribution is -2.04. The van der Waals surface area contributed by atoms with Crippen molar-refractivity contribution in [3.8, 4) is 0 Å². The highest BCUT2D eigenvalue weighted by Gasteiger charge is 2.19. The molecule has 0 aliphatic carbocycles. The van der Waals surface area contributed by atoms with E-state index in [1.165, 1.54) is 0 Å². The van der Waals surface area contributed by atoms with Gasteiger partial charge in [-0.2, -0.15) is 0 Å². The molecule has 1 aromatic carbocycles. The van der Waals surface area contributed by atoms with Crippen LogP contribution in [-0.2, 0) is 17.8 Å². The van der Waals surface area contributed by atoms with Gasteiger partial charge in [-0.1, -0.05) is 12.1 Å². The number of halogens is 1. The minimum atomic E-state index is 0.0528. The zero-order valence-corrected chi connectivity index (χ0v) is 7.69. The lowest BCUT2D eigenvalue weighted by atomic mass is 10.1. The van der Waals surface area contributed by atoms with Crippen LogP contribution in [-0.4, -0.2) is 5.91 Å². The van der Waals surface area contributed by atoms with Crippen molar-refractivity contribution in [3.05, 3.63) is 29.3 Å². The molecule has 3 nitrogen and oxygen atoms in total. The highest BCUT2D eigenvalue weighted by Crippen LogP contribution is 2.25. The van der Waals surface area contributed by atoms with E-state index in [1.807, 2.05) is 18.2 Å². The van der Waals surface area contributed by atoms with Crippen LogP contribution in [0, 0.1) is 0 Å². The second kappa shape index (κ2) is 3.36. The summed E-state index contributed by atoms with van der Waals surface area (Å²) in [5.74, 6) is 0.0528. The molecule has 0 aromatic heterocycles. The fraction of sp³-hybridized carbons (Fsp3) is 0.222. The smallest absolute Gasteiger partial charge is 0.228 e. The van der Waals surface area contributed by atoms with Crippen LogP contribution in [0.15, 0.2) is 18.2 Å². The molecule has 1 heterocycles. The van der Waals surface area contributed by atoms with Crippen LogP contribution in [0.5, 0.6) is 0 Å². The lowest BCUT2D eigenvalue weighted by molar-refractivity contribution is -0.115. The Bertz CT molecular complexity index is 351. The normalized spacial score (nSPS) is 14.1. The van der Waals surface area contributed by atoms with E-state index in [1.54, 1.807) is 0 Å². The van der Waals surface area contributed by atoms with Gasteiger partial charge in [0.1, 0.15) is 0 Å². The Morgan fingerprint density at radius 1 is 1.54 bits per heavy atom. The van der Waals surface area contributed by atoms with Crippen molar-refractivity contribution in [2.24, 2.45) is 0 Å². The predicted molar refractivity (Wildman–Crippen MR) is 51.5 cm³/mol. The van der Waals surface area contributed by atoms with Gasteiger partial charge in [0, 0.05) is 12.2 Å². The minimum absolute atomic E-state index is 0.0528. The molecule has 0 bridgehead atoms. The lowest BCUT2D eigenvalue weighted by Gasteiger charge is -2.04. The third-order valence-electron chi connectivity index (χ3n) is 2.14. The quantitative estimate of drug-likeness (QED) is 0.703. The summed E-state index contributed by atoms with van der Waals surface area (Å²) >= 11 is 5.42. The van der Waals surface area contributed by atoms with Crippen molar-refractivity contribution in [1.29, 1.82) is 0 Å². The number of benzene rings is 1. The van der Waals surface area contributed by atoms with Gasteiger partial charge in [-0.25, -0.2) is 4.84 Å². The molecule has 13 heavy (non-hydrogen) atoms. The molecule has 68 valence electrons. The summed E-state index contributed by atoms with van der Waals surface area (Å²) in [6.07, 6.45) is 0.462. The second-order valence-corrected chi connectivity index (χ2v) is 3.25. The Hall–Kier alpha value is -1.06. The number of hydrogen-bond donors (Lipinski definition) is 2. The summed E-state index contributed by atoms with van der Waals surface area (Å²) in [6, 6.07) is 5.78. The maximum Gasteiger partial charge on any atom is 0.228 e. The van der Waals surface area contributed by atoms with Gasteiger partial charge in [-0.15, -0.1) is 0 Å². The van der Waals surface area contributed by atoms with E-state index >= 15 is 0 Å². The van der Waals surface area contributed by atoms with Gasteiger partial charge < -0.3 is 5.32 Å². The van der Waals surface area contributed by atoms with E-state index in [2.05, 4.69) is 10.2 Å². The maximum absolute atomic E-state index is 11.1. The van der Waals surface area contributed by atoms with Gasteiger partial charge in [0.05, 0.1) is 6.42 Å². The maximum atomic E-state index is 11.1. The van der Waals surface area contributed by atoms with Gasteiger partial charge in [0.15, 0.2) is 0 Å². The number of carbonyl (C=O) groups excluding carboxylic acids is 1. The van der Waals surface area contributed by atoms with E-state index in [0.29, 0.717) is 13.0 Å². The van der Waals surface area contributed by atoms with Crippen LogP contribution >= 0.6 is 11.8 Å². The van der Waals surface area contributed by atoms with Crippen molar-refractivity contribution in [3.63, 3.8) is 0 Å². The van der Waals surface area contributed by atoms with Crippen LogP contribution in [0.1, 0.15) is 11.1 Å². The fourth-order valence-electron chi connectivity index (χ4n) is 1.55. The molecule has 1 aliphatic rings.